The Kier molecular flexibility index (Phi) is 6.83. The number of carbonyl (C=O) groups is 3. The smallest absolute Gasteiger partial charge is 0.410 e. The second kappa shape index (κ2) is 9.21. The molecule has 0 bridgehead atoms. The van der Waals surface area contributed by atoms with Gasteiger partial charge >= 0.3 is 12.1 Å². The van der Waals surface area contributed by atoms with Gasteiger partial charge in [0.25, 0.3) is 5.91 Å². The lowest BCUT2D eigenvalue weighted by atomic mass is 9.98. The second-order valence-electron chi connectivity index (χ2n) is 8.70. The normalized spacial score (nSPS) is 18.8. The Labute approximate surface area is 185 Å². The molecule has 1 fully saturated rings. The number of hydrogen-bond donors (Lipinski definition) is 1. The SMILES string of the molecule is CCC(C(=O)O)n1/c(=N\C(=O)C2CCCN(C(=O)OC(C)(C)C)C2)sc2ccccc21. The summed E-state index contributed by atoms with van der Waals surface area (Å²) in [7, 11) is 0. The minimum absolute atomic E-state index is 0.248. The molecule has 2 heterocycles. The lowest BCUT2D eigenvalue weighted by Gasteiger charge is -2.32. The molecular weight excluding hydrogens is 418 g/mol. The highest BCUT2D eigenvalue weighted by molar-refractivity contribution is 7.16. The molecule has 1 aliphatic heterocycles. The Morgan fingerprint density at radius 1 is 1.29 bits per heavy atom. The van der Waals surface area contributed by atoms with Crippen molar-refractivity contribution in [2.45, 2.75) is 58.6 Å². The Balaban J connectivity index is 1.92. The molecule has 2 unspecified atom stereocenters. The maximum absolute atomic E-state index is 13.0. The zero-order valence-electron chi connectivity index (χ0n) is 18.3. The molecule has 0 saturated carbocycles. The zero-order chi connectivity index (χ0) is 22.8. The topological polar surface area (TPSA) is 101 Å². The Bertz CT molecular complexity index is 1050. The van der Waals surface area contributed by atoms with E-state index in [1.54, 1.807) is 37.2 Å². The molecule has 1 N–H and O–H groups in total. The predicted octanol–water partition coefficient (Wildman–Crippen LogP) is 3.81. The number of hydrogen-bond acceptors (Lipinski definition) is 5. The van der Waals surface area contributed by atoms with E-state index in [-0.39, 0.29) is 12.5 Å². The van der Waals surface area contributed by atoms with Gasteiger partial charge in [-0.25, -0.2) is 9.59 Å². The number of aromatic nitrogens is 1. The first-order valence-corrected chi connectivity index (χ1v) is 11.3. The van der Waals surface area contributed by atoms with Crippen molar-refractivity contribution in [3.63, 3.8) is 0 Å². The molecule has 9 heteroatoms. The fourth-order valence-corrected chi connectivity index (χ4v) is 4.77. The van der Waals surface area contributed by atoms with Crippen molar-refractivity contribution in [1.82, 2.24) is 9.47 Å². The summed E-state index contributed by atoms with van der Waals surface area (Å²) in [6.07, 6.45) is 1.25. The third kappa shape index (κ3) is 5.33. The number of ether oxygens (including phenoxy) is 1. The van der Waals surface area contributed by atoms with Gasteiger partial charge in [-0.3, -0.25) is 4.79 Å². The van der Waals surface area contributed by atoms with Gasteiger partial charge in [-0.15, -0.1) is 0 Å². The van der Waals surface area contributed by atoms with Crippen LogP contribution in [0.2, 0.25) is 0 Å². The van der Waals surface area contributed by atoms with Gasteiger partial charge in [0, 0.05) is 13.1 Å². The van der Waals surface area contributed by atoms with E-state index in [1.165, 1.54) is 11.3 Å². The van der Waals surface area contributed by atoms with Crippen LogP contribution in [0.15, 0.2) is 29.3 Å². The third-order valence-electron chi connectivity index (χ3n) is 5.14. The van der Waals surface area contributed by atoms with Crippen LogP contribution in [0, 0.1) is 5.92 Å². The van der Waals surface area contributed by atoms with E-state index >= 15 is 0 Å². The molecule has 0 radical (unpaired) electrons. The van der Waals surface area contributed by atoms with E-state index in [1.807, 2.05) is 24.3 Å². The average Bonchev–Trinajstić information content (AvgIpc) is 3.05. The zero-order valence-corrected chi connectivity index (χ0v) is 19.1. The number of aliphatic carboxylic acids is 1. The summed E-state index contributed by atoms with van der Waals surface area (Å²) < 4.78 is 7.93. The first kappa shape index (κ1) is 23.0. The van der Waals surface area contributed by atoms with E-state index in [2.05, 4.69) is 4.99 Å². The first-order valence-electron chi connectivity index (χ1n) is 10.5. The number of nitrogens with zero attached hydrogens (tertiary/aromatic N) is 3. The number of piperidine rings is 1. The highest BCUT2D eigenvalue weighted by atomic mass is 32.1. The number of rotatable bonds is 4. The molecule has 1 aromatic heterocycles. The number of para-hydroxylation sites is 1. The molecule has 8 nitrogen and oxygen atoms in total. The van der Waals surface area contributed by atoms with Crippen LogP contribution < -0.4 is 4.80 Å². The van der Waals surface area contributed by atoms with E-state index in [0.29, 0.717) is 30.6 Å². The van der Waals surface area contributed by atoms with Crippen molar-refractivity contribution in [3.05, 3.63) is 29.1 Å². The number of benzene rings is 1. The first-order chi connectivity index (χ1) is 14.6. The number of thiazole rings is 1. The van der Waals surface area contributed by atoms with Crippen LogP contribution in [0.4, 0.5) is 4.79 Å². The summed E-state index contributed by atoms with van der Waals surface area (Å²) in [5.74, 6) is -1.74. The highest BCUT2D eigenvalue weighted by Crippen LogP contribution is 2.24. The fraction of sp³-hybridized carbons (Fsp3) is 0.545. The number of likely N-dealkylation sites (tertiary alicyclic amines) is 1. The largest absolute Gasteiger partial charge is 0.480 e. The molecule has 0 spiro atoms. The van der Waals surface area contributed by atoms with Crippen molar-refractivity contribution in [3.8, 4) is 0 Å². The molecule has 1 aliphatic rings. The van der Waals surface area contributed by atoms with Gasteiger partial charge < -0.3 is 19.3 Å². The van der Waals surface area contributed by atoms with Gasteiger partial charge in [-0.2, -0.15) is 4.99 Å². The van der Waals surface area contributed by atoms with Crippen molar-refractivity contribution in [1.29, 1.82) is 0 Å². The van der Waals surface area contributed by atoms with Crippen molar-refractivity contribution in [2.24, 2.45) is 10.9 Å². The van der Waals surface area contributed by atoms with Crippen LogP contribution >= 0.6 is 11.3 Å². The predicted molar refractivity (Wildman–Crippen MR) is 118 cm³/mol. The third-order valence-corrected chi connectivity index (χ3v) is 6.18. The molecule has 1 aromatic carbocycles. The molecule has 168 valence electrons. The maximum Gasteiger partial charge on any atom is 0.410 e. The molecule has 2 amide bonds. The van der Waals surface area contributed by atoms with Gasteiger partial charge in [-0.1, -0.05) is 30.4 Å². The number of carbonyl (C=O) groups excluding carboxylic acids is 2. The maximum atomic E-state index is 13.0. The molecular formula is C22H29N3O5S. The fourth-order valence-electron chi connectivity index (χ4n) is 3.70. The van der Waals surface area contributed by atoms with Crippen molar-refractivity contribution >= 4 is 39.5 Å². The average molecular weight is 448 g/mol. The summed E-state index contributed by atoms with van der Waals surface area (Å²) in [5.41, 5.74) is 0.139. The molecule has 3 rings (SSSR count). The van der Waals surface area contributed by atoms with Gasteiger partial charge in [0.2, 0.25) is 0 Å². The van der Waals surface area contributed by atoms with Crippen LogP contribution in [0.1, 0.15) is 53.0 Å². The second-order valence-corrected chi connectivity index (χ2v) is 9.71. The van der Waals surface area contributed by atoms with E-state index in [4.69, 9.17) is 4.74 Å². The summed E-state index contributed by atoms with van der Waals surface area (Å²) in [5, 5.41) is 9.70. The highest BCUT2D eigenvalue weighted by Gasteiger charge is 2.31. The van der Waals surface area contributed by atoms with Crippen molar-refractivity contribution < 1.29 is 24.2 Å². The number of carboxylic acid groups (broad SMARTS) is 1. The minimum Gasteiger partial charge on any atom is -0.480 e. The van der Waals surface area contributed by atoms with E-state index in [0.717, 1.165) is 10.2 Å². The van der Waals surface area contributed by atoms with Gasteiger partial charge in [0.05, 0.1) is 16.1 Å². The standard InChI is InChI=1S/C22H29N3O5S/c1-5-15(19(27)28)25-16-10-6-7-11-17(16)31-20(25)23-18(26)14-9-8-12-24(13-14)21(29)30-22(2,3)4/h6-7,10-11,14-15H,5,8-9,12-13H2,1-4H3,(H,27,28)/b23-20+. The summed E-state index contributed by atoms with van der Waals surface area (Å²) in [6, 6.07) is 6.62. The van der Waals surface area contributed by atoms with Crippen LogP contribution in [0.5, 0.6) is 0 Å². The summed E-state index contributed by atoms with van der Waals surface area (Å²) in [4.78, 5) is 43.5. The lowest BCUT2D eigenvalue weighted by molar-refractivity contribution is -0.141. The summed E-state index contributed by atoms with van der Waals surface area (Å²) >= 11 is 1.30. The van der Waals surface area contributed by atoms with Crippen LogP contribution in [-0.2, 0) is 14.3 Å². The molecule has 1 saturated heterocycles. The molecule has 0 aliphatic carbocycles. The Morgan fingerprint density at radius 3 is 2.65 bits per heavy atom. The summed E-state index contributed by atoms with van der Waals surface area (Å²) in [6.45, 7) is 8.00. The monoisotopic (exact) mass is 447 g/mol. The van der Waals surface area contributed by atoms with Crippen LogP contribution in [-0.4, -0.2) is 51.2 Å². The number of amides is 2. The Hall–Kier alpha value is -2.68. The minimum atomic E-state index is -0.964. The van der Waals surface area contributed by atoms with Gasteiger partial charge in [0.1, 0.15) is 11.6 Å². The van der Waals surface area contributed by atoms with E-state index in [9.17, 15) is 19.5 Å². The van der Waals surface area contributed by atoms with Gasteiger partial charge in [0.15, 0.2) is 4.80 Å². The Morgan fingerprint density at radius 2 is 2.00 bits per heavy atom. The van der Waals surface area contributed by atoms with Crippen molar-refractivity contribution in [2.75, 3.05) is 13.1 Å². The number of fused-ring (bicyclic) bond motifs is 1. The van der Waals surface area contributed by atoms with Gasteiger partial charge in [-0.05, 0) is 52.2 Å². The quantitative estimate of drug-likeness (QED) is 0.768. The van der Waals surface area contributed by atoms with E-state index < -0.39 is 29.6 Å². The number of carboxylic acids is 1. The molecule has 31 heavy (non-hydrogen) atoms. The molecule has 2 atom stereocenters. The lowest BCUT2D eigenvalue weighted by Crippen LogP contribution is -2.44. The van der Waals surface area contributed by atoms with Crippen LogP contribution in [0.3, 0.4) is 0 Å². The van der Waals surface area contributed by atoms with Crippen LogP contribution in [0.25, 0.3) is 10.2 Å². The molecule has 2 aromatic rings.